The highest BCUT2D eigenvalue weighted by Crippen LogP contribution is 2.25. The van der Waals surface area contributed by atoms with E-state index in [1.807, 2.05) is 0 Å². The van der Waals surface area contributed by atoms with Crippen molar-refractivity contribution in [3.05, 3.63) is 40.5 Å². The average molecular weight is 360 g/mol. The number of benzene rings is 1. The number of carboxylic acid groups (broad SMARTS) is 1. The minimum Gasteiger partial charge on any atom is -0.478 e. The number of aryl methyl sites for hydroxylation is 1. The number of hydrogen-bond acceptors (Lipinski definition) is 4. The quantitative estimate of drug-likeness (QED) is 0.864. The highest BCUT2D eigenvalue weighted by molar-refractivity contribution is 9.10. The van der Waals surface area contributed by atoms with Crippen molar-refractivity contribution < 1.29 is 18.3 Å². The normalized spacial score (nSPS) is 11.3. The second-order valence-electron chi connectivity index (χ2n) is 3.93. The number of aromatic carboxylic acids is 1. The number of halogens is 1. The fourth-order valence-electron chi connectivity index (χ4n) is 1.50. The summed E-state index contributed by atoms with van der Waals surface area (Å²) in [6, 6.07) is 5.26. The maximum Gasteiger partial charge on any atom is 0.335 e. The zero-order valence-corrected chi connectivity index (χ0v) is 12.6. The zero-order valence-electron chi connectivity index (χ0n) is 10.2. The summed E-state index contributed by atoms with van der Waals surface area (Å²) in [7, 11) is -2.27. The minimum absolute atomic E-state index is 0.116. The maximum absolute atomic E-state index is 12.2. The fourth-order valence-corrected chi connectivity index (χ4v) is 3.49. The van der Waals surface area contributed by atoms with E-state index in [4.69, 9.17) is 5.11 Å². The van der Waals surface area contributed by atoms with Crippen LogP contribution in [0.3, 0.4) is 0 Å². The Bertz CT molecular complexity index is 770. The number of nitrogens with zero attached hydrogens (tertiary/aromatic N) is 2. The Morgan fingerprint density at radius 1 is 1.40 bits per heavy atom. The van der Waals surface area contributed by atoms with E-state index in [2.05, 4.69) is 25.8 Å². The van der Waals surface area contributed by atoms with Gasteiger partial charge in [-0.1, -0.05) is 0 Å². The molecule has 106 valence electrons. The summed E-state index contributed by atoms with van der Waals surface area (Å²) in [5.74, 6) is -1.05. The lowest BCUT2D eigenvalue weighted by Gasteiger charge is -2.08. The predicted molar refractivity (Wildman–Crippen MR) is 75.1 cm³/mol. The Morgan fingerprint density at radius 3 is 2.65 bits per heavy atom. The SMILES string of the molecule is Cn1ccc(NS(=O)(=O)c2cc(C(=O)O)ccc2Br)n1. The van der Waals surface area contributed by atoms with Gasteiger partial charge in [-0.25, -0.2) is 13.2 Å². The second kappa shape index (κ2) is 5.25. The molecule has 0 atom stereocenters. The van der Waals surface area contributed by atoms with Crippen LogP contribution < -0.4 is 4.72 Å². The van der Waals surface area contributed by atoms with Crippen LogP contribution >= 0.6 is 15.9 Å². The van der Waals surface area contributed by atoms with Gasteiger partial charge >= 0.3 is 5.97 Å². The van der Waals surface area contributed by atoms with Gasteiger partial charge in [0, 0.05) is 23.8 Å². The van der Waals surface area contributed by atoms with Gasteiger partial charge in [-0.15, -0.1) is 0 Å². The second-order valence-corrected chi connectivity index (χ2v) is 6.44. The third-order valence-corrected chi connectivity index (χ3v) is 4.77. The van der Waals surface area contributed by atoms with E-state index in [1.165, 1.54) is 22.9 Å². The Kier molecular flexibility index (Phi) is 3.82. The molecule has 20 heavy (non-hydrogen) atoms. The first-order valence-corrected chi connectivity index (χ1v) is 7.62. The molecule has 1 heterocycles. The molecule has 7 nitrogen and oxygen atoms in total. The van der Waals surface area contributed by atoms with Crippen molar-refractivity contribution >= 4 is 37.7 Å². The van der Waals surface area contributed by atoms with Gasteiger partial charge in [0.2, 0.25) is 0 Å². The van der Waals surface area contributed by atoms with Crippen molar-refractivity contribution in [2.75, 3.05) is 4.72 Å². The molecule has 1 aromatic carbocycles. The average Bonchev–Trinajstić information content (AvgIpc) is 2.73. The third-order valence-electron chi connectivity index (χ3n) is 2.42. The molecule has 1 aromatic heterocycles. The summed E-state index contributed by atoms with van der Waals surface area (Å²) in [6.07, 6.45) is 1.58. The van der Waals surface area contributed by atoms with E-state index in [0.29, 0.717) is 0 Å². The Hall–Kier alpha value is -1.87. The van der Waals surface area contributed by atoms with E-state index in [0.717, 1.165) is 6.07 Å². The summed E-state index contributed by atoms with van der Waals surface area (Å²) in [6.45, 7) is 0. The topological polar surface area (TPSA) is 101 Å². The number of carbonyl (C=O) groups is 1. The Labute approximate surface area is 123 Å². The van der Waals surface area contributed by atoms with E-state index >= 15 is 0 Å². The molecule has 0 spiro atoms. The molecule has 0 aliphatic carbocycles. The lowest BCUT2D eigenvalue weighted by Crippen LogP contribution is -2.15. The molecular weight excluding hydrogens is 350 g/mol. The molecule has 0 unspecified atom stereocenters. The van der Waals surface area contributed by atoms with Gasteiger partial charge in [0.1, 0.15) is 4.90 Å². The Balaban J connectivity index is 2.43. The maximum atomic E-state index is 12.2. The molecule has 0 saturated carbocycles. The molecular formula is C11H10BrN3O4S. The van der Waals surface area contributed by atoms with Crippen molar-refractivity contribution in [3.8, 4) is 0 Å². The molecule has 0 amide bonds. The largest absolute Gasteiger partial charge is 0.478 e. The van der Waals surface area contributed by atoms with E-state index in [-0.39, 0.29) is 20.7 Å². The summed E-state index contributed by atoms with van der Waals surface area (Å²) >= 11 is 3.10. The highest BCUT2D eigenvalue weighted by atomic mass is 79.9. The van der Waals surface area contributed by atoms with Crippen LogP contribution in [0.15, 0.2) is 39.8 Å². The van der Waals surface area contributed by atoms with Crippen molar-refractivity contribution in [1.29, 1.82) is 0 Å². The molecule has 2 aromatic rings. The number of carboxylic acids is 1. The predicted octanol–water partition coefficient (Wildman–Crippen LogP) is 1.68. The lowest BCUT2D eigenvalue weighted by atomic mass is 10.2. The number of rotatable bonds is 4. The van der Waals surface area contributed by atoms with Gasteiger partial charge in [0.05, 0.1) is 5.56 Å². The first-order valence-electron chi connectivity index (χ1n) is 5.35. The standard InChI is InChI=1S/C11H10BrN3O4S/c1-15-5-4-10(13-15)14-20(18,19)9-6-7(11(16)17)2-3-8(9)12/h2-6H,1H3,(H,13,14)(H,16,17). The van der Waals surface area contributed by atoms with Crippen LogP contribution in [-0.2, 0) is 17.1 Å². The van der Waals surface area contributed by atoms with Gasteiger partial charge in [0.15, 0.2) is 5.82 Å². The zero-order chi connectivity index (χ0) is 14.9. The Morgan fingerprint density at radius 2 is 2.10 bits per heavy atom. The fraction of sp³-hybridized carbons (Fsp3) is 0.0909. The van der Waals surface area contributed by atoms with E-state index in [9.17, 15) is 13.2 Å². The van der Waals surface area contributed by atoms with Crippen LogP contribution in [0, 0.1) is 0 Å². The van der Waals surface area contributed by atoms with Crippen molar-refractivity contribution in [3.63, 3.8) is 0 Å². The third kappa shape index (κ3) is 2.99. The minimum atomic E-state index is -3.92. The summed E-state index contributed by atoms with van der Waals surface area (Å²) in [4.78, 5) is 10.7. The highest BCUT2D eigenvalue weighted by Gasteiger charge is 2.20. The molecule has 2 N–H and O–H groups in total. The lowest BCUT2D eigenvalue weighted by molar-refractivity contribution is 0.0696. The van der Waals surface area contributed by atoms with Crippen LogP contribution in [-0.4, -0.2) is 29.3 Å². The molecule has 0 radical (unpaired) electrons. The van der Waals surface area contributed by atoms with Gasteiger partial charge in [-0.2, -0.15) is 5.10 Å². The summed E-state index contributed by atoms with van der Waals surface area (Å²) in [5.41, 5.74) is -0.116. The molecule has 0 aliphatic heterocycles. The van der Waals surface area contributed by atoms with Crippen LogP contribution in [0.4, 0.5) is 5.82 Å². The number of hydrogen-bond donors (Lipinski definition) is 2. The van der Waals surface area contributed by atoms with Crippen LogP contribution in [0.5, 0.6) is 0 Å². The van der Waals surface area contributed by atoms with Gasteiger partial charge < -0.3 is 5.11 Å². The van der Waals surface area contributed by atoms with Crippen molar-refractivity contribution in [2.45, 2.75) is 4.90 Å². The number of sulfonamides is 1. The monoisotopic (exact) mass is 359 g/mol. The van der Waals surface area contributed by atoms with Crippen LogP contribution in [0.25, 0.3) is 0 Å². The van der Waals surface area contributed by atoms with Crippen molar-refractivity contribution in [2.24, 2.45) is 7.05 Å². The van der Waals surface area contributed by atoms with Crippen molar-refractivity contribution in [1.82, 2.24) is 9.78 Å². The van der Waals surface area contributed by atoms with Gasteiger partial charge in [-0.3, -0.25) is 9.40 Å². The molecule has 0 fully saturated rings. The first kappa shape index (κ1) is 14.5. The van der Waals surface area contributed by atoms with Gasteiger partial charge in [0.25, 0.3) is 10.0 Å². The van der Waals surface area contributed by atoms with Gasteiger partial charge in [-0.05, 0) is 34.1 Å². The first-order chi connectivity index (χ1) is 9.29. The number of nitrogens with one attached hydrogen (secondary N) is 1. The molecule has 0 aliphatic rings. The molecule has 0 bridgehead atoms. The van der Waals surface area contributed by atoms with E-state index in [1.54, 1.807) is 13.2 Å². The molecule has 0 saturated heterocycles. The molecule has 2 rings (SSSR count). The number of aromatic nitrogens is 2. The van der Waals surface area contributed by atoms with Crippen LogP contribution in [0.2, 0.25) is 0 Å². The molecule has 9 heteroatoms. The van der Waals surface area contributed by atoms with Crippen LogP contribution in [0.1, 0.15) is 10.4 Å². The smallest absolute Gasteiger partial charge is 0.335 e. The summed E-state index contributed by atoms with van der Waals surface area (Å²) in [5, 5.41) is 12.8. The van der Waals surface area contributed by atoms with E-state index < -0.39 is 16.0 Å². The number of anilines is 1. The summed E-state index contributed by atoms with van der Waals surface area (Å²) < 4.78 is 28.4.